The zero-order valence-electron chi connectivity index (χ0n) is 7.86. The highest BCUT2D eigenvalue weighted by Crippen LogP contribution is 2.33. The number of benzene rings is 1. The Morgan fingerprint density at radius 2 is 2.00 bits per heavy atom. The van der Waals surface area contributed by atoms with Gasteiger partial charge in [0.05, 0.1) is 5.56 Å². The third-order valence-corrected chi connectivity index (χ3v) is 2.49. The van der Waals surface area contributed by atoms with Crippen molar-refractivity contribution >= 4 is 28.4 Å². The van der Waals surface area contributed by atoms with Crippen LogP contribution in [0.2, 0.25) is 0 Å². The van der Waals surface area contributed by atoms with Crippen LogP contribution in [-0.2, 0) is 17.4 Å². The highest BCUT2D eigenvalue weighted by atomic mass is 127. The molecule has 0 radical (unpaired) electrons. The minimum absolute atomic E-state index is 0.0374. The number of alkyl halides is 3. The Morgan fingerprint density at radius 1 is 1.40 bits per heavy atom. The fourth-order valence-corrected chi connectivity index (χ4v) is 1.73. The van der Waals surface area contributed by atoms with Crippen molar-refractivity contribution in [3.8, 4) is 0 Å². The summed E-state index contributed by atoms with van der Waals surface area (Å²) in [6, 6.07) is 3.97. The molecule has 0 aliphatic heterocycles. The lowest BCUT2D eigenvalue weighted by molar-refractivity contribution is -0.138. The molecule has 5 heteroatoms. The Balaban J connectivity index is 3.20. The van der Waals surface area contributed by atoms with Crippen molar-refractivity contribution in [2.45, 2.75) is 19.5 Å². The lowest BCUT2D eigenvalue weighted by Crippen LogP contribution is -2.11. The minimum atomic E-state index is -4.40. The molecular weight excluding hydrogens is 320 g/mol. The average molecular weight is 328 g/mol. The molecule has 0 N–H and O–H groups in total. The Labute approximate surface area is 98.8 Å². The van der Waals surface area contributed by atoms with E-state index in [0.717, 1.165) is 6.07 Å². The van der Waals surface area contributed by atoms with Gasteiger partial charge in [-0.2, -0.15) is 13.2 Å². The minimum Gasteiger partial charge on any atom is -0.300 e. The number of carbonyl (C=O) groups excluding carboxylic acids is 1. The first kappa shape index (κ1) is 12.5. The van der Waals surface area contributed by atoms with E-state index in [-0.39, 0.29) is 17.8 Å². The molecule has 0 aliphatic carbocycles. The van der Waals surface area contributed by atoms with Crippen LogP contribution in [0.5, 0.6) is 0 Å². The molecule has 1 rings (SSSR count). The van der Waals surface area contributed by atoms with Crippen molar-refractivity contribution in [1.29, 1.82) is 0 Å². The van der Waals surface area contributed by atoms with Gasteiger partial charge in [0.25, 0.3) is 0 Å². The molecule has 1 aromatic rings. The molecule has 82 valence electrons. The third-order valence-electron chi connectivity index (χ3n) is 1.82. The van der Waals surface area contributed by atoms with E-state index in [9.17, 15) is 18.0 Å². The summed E-state index contributed by atoms with van der Waals surface area (Å²) in [4.78, 5) is 10.8. The van der Waals surface area contributed by atoms with Gasteiger partial charge in [0.15, 0.2) is 0 Å². The second-order valence-corrected chi connectivity index (χ2v) is 4.42. The fraction of sp³-hybridized carbons (Fsp3) is 0.300. The molecule has 0 aromatic heterocycles. The van der Waals surface area contributed by atoms with Crippen molar-refractivity contribution in [2.24, 2.45) is 0 Å². The third kappa shape index (κ3) is 3.48. The zero-order valence-corrected chi connectivity index (χ0v) is 10.0. The number of rotatable bonds is 2. The first-order valence-corrected chi connectivity index (χ1v) is 5.23. The topological polar surface area (TPSA) is 17.1 Å². The molecule has 15 heavy (non-hydrogen) atoms. The van der Waals surface area contributed by atoms with Gasteiger partial charge < -0.3 is 0 Å². The quantitative estimate of drug-likeness (QED) is 0.760. The van der Waals surface area contributed by atoms with Crippen molar-refractivity contribution in [3.63, 3.8) is 0 Å². The van der Waals surface area contributed by atoms with Crippen LogP contribution in [0.15, 0.2) is 18.2 Å². The molecule has 0 amide bonds. The predicted octanol–water partition coefficient (Wildman–Crippen LogP) is 3.44. The van der Waals surface area contributed by atoms with Crippen molar-refractivity contribution in [3.05, 3.63) is 32.9 Å². The van der Waals surface area contributed by atoms with E-state index in [0.29, 0.717) is 3.57 Å². The molecule has 0 heterocycles. The number of halogens is 4. The fourth-order valence-electron chi connectivity index (χ4n) is 1.23. The van der Waals surface area contributed by atoms with Crippen LogP contribution >= 0.6 is 22.6 Å². The van der Waals surface area contributed by atoms with Crippen LogP contribution in [0, 0.1) is 3.57 Å². The van der Waals surface area contributed by atoms with Crippen LogP contribution in [0.3, 0.4) is 0 Å². The summed E-state index contributed by atoms with van der Waals surface area (Å²) >= 11 is 1.81. The van der Waals surface area contributed by atoms with Gasteiger partial charge in [0, 0.05) is 9.99 Å². The highest BCUT2D eigenvalue weighted by molar-refractivity contribution is 14.1. The number of hydrogen-bond donors (Lipinski definition) is 0. The van der Waals surface area contributed by atoms with Crippen molar-refractivity contribution in [1.82, 2.24) is 0 Å². The number of hydrogen-bond acceptors (Lipinski definition) is 1. The van der Waals surface area contributed by atoms with Gasteiger partial charge in [0.1, 0.15) is 5.78 Å². The normalized spacial score (nSPS) is 11.5. The van der Waals surface area contributed by atoms with Gasteiger partial charge in [0.2, 0.25) is 0 Å². The maximum atomic E-state index is 12.6. The van der Waals surface area contributed by atoms with E-state index in [2.05, 4.69) is 0 Å². The maximum Gasteiger partial charge on any atom is 0.416 e. The summed E-state index contributed by atoms with van der Waals surface area (Å²) in [7, 11) is 0. The van der Waals surface area contributed by atoms with Crippen LogP contribution in [-0.4, -0.2) is 5.78 Å². The van der Waals surface area contributed by atoms with E-state index < -0.39 is 11.7 Å². The van der Waals surface area contributed by atoms with Crippen molar-refractivity contribution < 1.29 is 18.0 Å². The Bertz CT molecular complexity index is 385. The molecule has 0 spiro atoms. The predicted molar refractivity (Wildman–Crippen MR) is 58.5 cm³/mol. The Morgan fingerprint density at radius 3 is 2.47 bits per heavy atom. The first-order valence-electron chi connectivity index (χ1n) is 4.16. The summed E-state index contributed by atoms with van der Waals surface area (Å²) < 4.78 is 38.2. The second kappa shape index (κ2) is 4.51. The van der Waals surface area contributed by atoms with Crippen LogP contribution in [0.25, 0.3) is 0 Å². The number of Topliss-reactive ketones (excluding diaryl/α,β-unsaturated/α-hetero) is 1. The van der Waals surface area contributed by atoms with E-state index in [1.807, 2.05) is 22.6 Å². The zero-order chi connectivity index (χ0) is 11.6. The van der Waals surface area contributed by atoms with Crippen LogP contribution in [0.1, 0.15) is 18.1 Å². The van der Waals surface area contributed by atoms with E-state index in [1.54, 1.807) is 6.07 Å². The Kier molecular flexibility index (Phi) is 3.75. The van der Waals surface area contributed by atoms with E-state index >= 15 is 0 Å². The molecule has 0 fully saturated rings. The van der Waals surface area contributed by atoms with Crippen LogP contribution < -0.4 is 0 Å². The van der Waals surface area contributed by atoms with E-state index in [4.69, 9.17) is 0 Å². The standard InChI is InChI=1S/C10H8F3IO/c1-6(15)4-7-2-3-8(14)5-9(7)10(11,12)13/h2-3,5H,4H2,1H3. The van der Waals surface area contributed by atoms with Crippen molar-refractivity contribution in [2.75, 3.05) is 0 Å². The van der Waals surface area contributed by atoms with Gasteiger partial charge in [-0.3, -0.25) is 4.79 Å². The molecule has 0 aliphatic rings. The molecule has 1 aromatic carbocycles. The monoisotopic (exact) mass is 328 g/mol. The summed E-state index contributed by atoms with van der Waals surface area (Å²) in [5.41, 5.74) is -0.681. The van der Waals surface area contributed by atoms with Gasteiger partial charge in [-0.1, -0.05) is 6.07 Å². The molecule has 0 atom stereocenters. The maximum absolute atomic E-state index is 12.6. The largest absolute Gasteiger partial charge is 0.416 e. The lowest BCUT2D eigenvalue weighted by atomic mass is 10.0. The molecule has 1 nitrogen and oxygen atoms in total. The van der Waals surface area contributed by atoms with E-state index in [1.165, 1.54) is 13.0 Å². The average Bonchev–Trinajstić information content (AvgIpc) is 2.05. The van der Waals surface area contributed by atoms with Gasteiger partial charge in [-0.25, -0.2) is 0 Å². The lowest BCUT2D eigenvalue weighted by Gasteiger charge is -2.12. The molecule has 0 bridgehead atoms. The summed E-state index contributed by atoms with van der Waals surface area (Å²) in [6.07, 6.45) is -4.57. The smallest absolute Gasteiger partial charge is 0.300 e. The molecule has 0 saturated carbocycles. The van der Waals surface area contributed by atoms with Gasteiger partial charge >= 0.3 is 6.18 Å². The summed E-state index contributed by atoms with van der Waals surface area (Å²) in [5, 5.41) is 0. The Hall–Kier alpha value is -0.590. The molecular formula is C10H8F3IO. The first-order chi connectivity index (χ1) is 6.80. The SMILES string of the molecule is CC(=O)Cc1ccc(I)cc1C(F)(F)F. The van der Waals surface area contributed by atoms with Gasteiger partial charge in [-0.05, 0) is 47.2 Å². The van der Waals surface area contributed by atoms with Crippen LogP contribution in [0.4, 0.5) is 13.2 Å². The molecule has 0 unspecified atom stereocenters. The summed E-state index contributed by atoms with van der Waals surface area (Å²) in [5.74, 6) is -0.276. The highest BCUT2D eigenvalue weighted by Gasteiger charge is 2.33. The number of carbonyl (C=O) groups is 1. The van der Waals surface area contributed by atoms with Gasteiger partial charge in [-0.15, -0.1) is 0 Å². The number of ketones is 1. The second-order valence-electron chi connectivity index (χ2n) is 3.18. The summed E-state index contributed by atoms with van der Waals surface area (Å²) in [6.45, 7) is 1.28. The molecule has 0 saturated heterocycles.